The molecule has 1 aromatic carbocycles. The van der Waals surface area contributed by atoms with Crippen molar-refractivity contribution in [2.24, 2.45) is 0 Å². The molecule has 0 aromatic heterocycles. The van der Waals surface area contributed by atoms with Gasteiger partial charge in [0.15, 0.2) is 5.79 Å². The molecule has 0 amide bonds. The van der Waals surface area contributed by atoms with E-state index in [9.17, 15) is 19.8 Å². The molecule has 7 nitrogen and oxygen atoms in total. The zero-order valence-corrected chi connectivity index (χ0v) is 13.0. The fraction of sp³-hybridized carbons (Fsp3) is 0.467. The van der Waals surface area contributed by atoms with Crippen LogP contribution in [0.2, 0.25) is 0 Å². The third kappa shape index (κ3) is 4.27. The number of aryl methyl sites for hydroxylation is 1. The van der Waals surface area contributed by atoms with Gasteiger partial charge in [0.1, 0.15) is 5.92 Å². The number of hydrogen-bond acceptors (Lipinski definition) is 7. The average molecular weight is 312 g/mol. The number of hydrogen-bond donors (Lipinski definition) is 2. The first-order valence-corrected chi connectivity index (χ1v) is 6.77. The molecule has 0 aliphatic carbocycles. The molecule has 1 rings (SSSR count). The van der Waals surface area contributed by atoms with E-state index in [0.717, 1.165) is 18.1 Å². The smallest absolute Gasteiger partial charge is 0.359 e. The summed E-state index contributed by atoms with van der Waals surface area (Å²) in [6.45, 7) is 6.16. The number of carbonyl (C=O) groups is 2. The third-order valence-corrected chi connectivity index (χ3v) is 3.44. The van der Waals surface area contributed by atoms with Crippen molar-refractivity contribution in [3.63, 3.8) is 0 Å². The summed E-state index contributed by atoms with van der Waals surface area (Å²) in [6, 6.07) is 5.12. The van der Waals surface area contributed by atoms with Crippen LogP contribution < -0.4 is 0 Å². The third-order valence-electron chi connectivity index (χ3n) is 3.44. The van der Waals surface area contributed by atoms with E-state index in [1.807, 2.05) is 13.0 Å². The maximum atomic E-state index is 12.1. The Bertz CT molecular complexity index is 551. The minimum atomic E-state index is -2.34. The predicted octanol–water partition coefficient (Wildman–Crippen LogP) is 1.43. The number of aliphatic hydroxyl groups is 2. The van der Waals surface area contributed by atoms with Gasteiger partial charge in [-0.1, -0.05) is 25.1 Å². The summed E-state index contributed by atoms with van der Waals surface area (Å²) in [7, 11) is 0. The van der Waals surface area contributed by atoms with Crippen LogP contribution in [0.3, 0.4) is 0 Å². The molecule has 0 saturated carbocycles. The average Bonchev–Trinajstić information content (AvgIpc) is 2.43. The lowest BCUT2D eigenvalue weighted by molar-refractivity contribution is -0.460. The summed E-state index contributed by atoms with van der Waals surface area (Å²) >= 11 is 0. The lowest BCUT2D eigenvalue weighted by Crippen LogP contribution is -2.41. The Morgan fingerprint density at radius 1 is 1.23 bits per heavy atom. The van der Waals surface area contributed by atoms with Gasteiger partial charge in [-0.25, -0.2) is 9.59 Å². The molecule has 0 fully saturated rings. The van der Waals surface area contributed by atoms with Crippen LogP contribution in [-0.2, 0) is 24.4 Å². The Kier molecular flexibility index (Phi) is 6.04. The van der Waals surface area contributed by atoms with E-state index in [1.165, 1.54) is 6.92 Å². The maximum Gasteiger partial charge on any atom is 0.359 e. The summed E-state index contributed by atoms with van der Waals surface area (Å²) in [6.07, 6.45) is -0.117. The van der Waals surface area contributed by atoms with E-state index >= 15 is 0 Å². The highest BCUT2D eigenvalue weighted by Crippen LogP contribution is 2.33. The largest absolute Gasteiger partial charge is 0.365 e. The lowest BCUT2D eigenvalue weighted by atomic mass is 9.85. The summed E-state index contributed by atoms with van der Waals surface area (Å²) in [5.41, 5.74) is 1.99. The van der Waals surface area contributed by atoms with Crippen LogP contribution in [-0.4, -0.2) is 27.9 Å². The SMILES string of the molecule is CCC(O)(O)C(C(=O)OOOC(C)=O)c1cccc(C)c1C. The number of carbonyl (C=O) groups excluding carboxylic acids is 2. The van der Waals surface area contributed by atoms with Crippen LogP contribution in [0.4, 0.5) is 0 Å². The lowest BCUT2D eigenvalue weighted by Gasteiger charge is -2.29. The van der Waals surface area contributed by atoms with E-state index in [2.05, 4.69) is 14.8 Å². The molecule has 0 aliphatic rings. The molecule has 22 heavy (non-hydrogen) atoms. The minimum Gasteiger partial charge on any atom is -0.365 e. The van der Waals surface area contributed by atoms with E-state index < -0.39 is 23.6 Å². The first-order valence-electron chi connectivity index (χ1n) is 6.77. The fourth-order valence-corrected chi connectivity index (χ4v) is 2.00. The van der Waals surface area contributed by atoms with Crippen molar-refractivity contribution in [3.05, 3.63) is 34.9 Å². The van der Waals surface area contributed by atoms with E-state index in [4.69, 9.17) is 0 Å². The number of rotatable bonds is 6. The second-order valence-corrected chi connectivity index (χ2v) is 5.00. The van der Waals surface area contributed by atoms with Gasteiger partial charge in [-0.2, -0.15) is 0 Å². The van der Waals surface area contributed by atoms with Crippen molar-refractivity contribution in [3.8, 4) is 0 Å². The Balaban J connectivity index is 3.11. The Morgan fingerprint density at radius 2 is 1.86 bits per heavy atom. The second-order valence-electron chi connectivity index (χ2n) is 5.00. The zero-order chi connectivity index (χ0) is 16.9. The van der Waals surface area contributed by atoms with Crippen molar-refractivity contribution < 1.29 is 34.6 Å². The van der Waals surface area contributed by atoms with Gasteiger partial charge < -0.3 is 10.2 Å². The van der Waals surface area contributed by atoms with Crippen LogP contribution in [0.15, 0.2) is 18.2 Å². The van der Waals surface area contributed by atoms with Gasteiger partial charge in [0.2, 0.25) is 0 Å². The van der Waals surface area contributed by atoms with Gasteiger partial charge in [0.05, 0.1) is 0 Å². The Hall–Kier alpha value is -1.96. The molecule has 1 atom stereocenters. The van der Waals surface area contributed by atoms with Gasteiger partial charge >= 0.3 is 11.9 Å². The maximum absolute atomic E-state index is 12.1. The van der Waals surface area contributed by atoms with Crippen LogP contribution in [0.25, 0.3) is 0 Å². The van der Waals surface area contributed by atoms with Gasteiger partial charge in [-0.3, -0.25) is 9.78 Å². The van der Waals surface area contributed by atoms with Gasteiger partial charge in [-0.05, 0) is 37.0 Å². The molecule has 122 valence electrons. The minimum absolute atomic E-state index is 0.117. The molecule has 0 spiro atoms. The highest BCUT2D eigenvalue weighted by atomic mass is 17.5. The van der Waals surface area contributed by atoms with E-state index in [1.54, 1.807) is 19.1 Å². The predicted molar refractivity (Wildman–Crippen MR) is 75.1 cm³/mol. The van der Waals surface area contributed by atoms with Crippen LogP contribution in [0.1, 0.15) is 42.9 Å². The molecule has 2 N–H and O–H groups in total. The van der Waals surface area contributed by atoms with Crippen LogP contribution in [0.5, 0.6) is 0 Å². The molecular formula is C15H20O7. The summed E-state index contributed by atoms with van der Waals surface area (Å²) in [5.74, 6) is -5.64. The van der Waals surface area contributed by atoms with Crippen molar-refractivity contribution >= 4 is 11.9 Å². The molecule has 0 saturated heterocycles. The number of benzene rings is 1. The Morgan fingerprint density at radius 3 is 2.41 bits per heavy atom. The molecule has 1 aromatic rings. The normalized spacial score (nSPS) is 12.6. The molecule has 0 aliphatic heterocycles. The fourth-order valence-electron chi connectivity index (χ4n) is 2.00. The molecule has 0 heterocycles. The summed E-state index contributed by atoms with van der Waals surface area (Å²) in [4.78, 5) is 31.1. The highest BCUT2D eigenvalue weighted by Gasteiger charge is 2.42. The van der Waals surface area contributed by atoms with Crippen LogP contribution in [0, 0.1) is 13.8 Å². The zero-order valence-electron chi connectivity index (χ0n) is 13.0. The summed E-state index contributed by atoms with van der Waals surface area (Å²) in [5, 5.41) is 24.3. The topological polar surface area (TPSA) is 102 Å². The Labute approximate surface area is 128 Å². The van der Waals surface area contributed by atoms with Crippen LogP contribution >= 0.6 is 0 Å². The molecule has 1 unspecified atom stereocenters. The van der Waals surface area contributed by atoms with Crippen molar-refractivity contribution in [1.82, 2.24) is 0 Å². The standard InChI is InChI=1S/C15H20O7/c1-5-15(18,19)13(14(17)21-22-20-11(4)16)12-8-6-7-9(2)10(12)3/h6-8,13,18-19H,5H2,1-4H3. The monoisotopic (exact) mass is 312 g/mol. The molecular weight excluding hydrogens is 292 g/mol. The van der Waals surface area contributed by atoms with Gasteiger partial charge in [-0.15, -0.1) is 0 Å². The van der Waals surface area contributed by atoms with Gasteiger partial charge in [0, 0.05) is 12.0 Å². The van der Waals surface area contributed by atoms with Gasteiger partial charge in [0.25, 0.3) is 0 Å². The van der Waals surface area contributed by atoms with E-state index in [-0.39, 0.29) is 6.42 Å². The van der Waals surface area contributed by atoms with Crippen molar-refractivity contribution in [2.75, 3.05) is 0 Å². The molecule has 0 bridgehead atoms. The quantitative estimate of drug-likeness (QED) is 0.465. The first kappa shape index (κ1) is 18.1. The first-order chi connectivity index (χ1) is 10.2. The van der Waals surface area contributed by atoms with Crippen molar-refractivity contribution in [2.45, 2.75) is 45.8 Å². The molecule has 7 heteroatoms. The summed E-state index contributed by atoms with van der Waals surface area (Å²) < 4.78 is 0. The van der Waals surface area contributed by atoms with Crippen molar-refractivity contribution in [1.29, 1.82) is 0 Å². The van der Waals surface area contributed by atoms with E-state index in [0.29, 0.717) is 5.56 Å². The second kappa shape index (κ2) is 7.35. The highest BCUT2D eigenvalue weighted by molar-refractivity contribution is 5.79. The molecule has 0 radical (unpaired) electrons.